The van der Waals surface area contributed by atoms with Crippen LogP contribution >= 0.6 is 12.2 Å². The normalized spacial score (nSPS) is 18.3. The third-order valence-corrected chi connectivity index (χ3v) is 7.52. The van der Waals surface area contributed by atoms with Crippen LogP contribution in [0.25, 0.3) is 11.4 Å². The SMILES string of the molecule is COc1ccc(-c2nn(CN3CCN(Cc4ccncc4)CC3)c(=S)n2C2CCCCC2)cc1. The zero-order valence-electron chi connectivity index (χ0n) is 20.0. The fraction of sp³-hybridized carbons (Fsp3) is 0.500. The van der Waals surface area contributed by atoms with E-state index in [0.29, 0.717) is 6.04 Å². The molecule has 0 bridgehead atoms. The highest BCUT2D eigenvalue weighted by Gasteiger charge is 2.24. The molecule has 1 saturated carbocycles. The van der Waals surface area contributed by atoms with Crippen molar-refractivity contribution >= 4 is 12.2 Å². The molecule has 3 heterocycles. The zero-order valence-corrected chi connectivity index (χ0v) is 20.8. The van der Waals surface area contributed by atoms with Crippen molar-refractivity contribution in [3.8, 4) is 17.1 Å². The van der Waals surface area contributed by atoms with Crippen molar-refractivity contribution in [2.75, 3.05) is 33.3 Å². The second-order valence-corrected chi connectivity index (χ2v) is 9.75. The molecule has 1 saturated heterocycles. The smallest absolute Gasteiger partial charge is 0.199 e. The van der Waals surface area contributed by atoms with Crippen molar-refractivity contribution in [1.29, 1.82) is 0 Å². The summed E-state index contributed by atoms with van der Waals surface area (Å²) in [5, 5.41) is 5.06. The molecule has 2 aromatic heterocycles. The highest BCUT2D eigenvalue weighted by molar-refractivity contribution is 7.71. The molecule has 0 radical (unpaired) electrons. The van der Waals surface area contributed by atoms with E-state index in [1.807, 2.05) is 29.2 Å². The molecule has 34 heavy (non-hydrogen) atoms. The number of pyridine rings is 1. The molecule has 1 aliphatic carbocycles. The van der Waals surface area contributed by atoms with Gasteiger partial charge in [-0.25, -0.2) is 4.68 Å². The van der Waals surface area contributed by atoms with Crippen molar-refractivity contribution in [3.05, 3.63) is 59.1 Å². The minimum atomic E-state index is 0.435. The lowest BCUT2D eigenvalue weighted by Crippen LogP contribution is -2.46. The van der Waals surface area contributed by atoms with E-state index >= 15 is 0 Å². The Labute approximate surface area is 207 Å². The number of hydrogen-bond donors (Lipinski definition) is 0. The quantitative estimate of drug-likeness (QED) is 0.456. The van der Waals surface area contributed by atoms with Gasteiger partial charge < -0.3 is 4.74 Å². The van der Waals surface area contributed by atoms with E-state index in [1.165, 1.54) is 37.7 Å². The molecule has 1 aliphatic heterocycles. The van der Waals surface area contributed by atoms with E-state index in [1.54, 1.807) is 7.11 Å². The first kappa shape index (κ1) is 23.2. The first-order chi connectivity index (χ1) is 16.7. The number of nitrogens with zero attached hydrogens (tertiary/aromatic N) is 6. The fourth-order valence-electron chi connectivity index (χ4n) is 5.14. The van der Waals surface area contributed by atoms with Gasteiger partial charge in [-0.15, -0.1) is 0 Å². The molecule has 3 aromatic rings. The van der Waals surface area contributed by atoms with Crippen molar-refractivity contribution in [3.63, 3.8) is 0 Å². The molecular weight excluding hydrogens is 444 g/mol. The monoisotopic (exact) mass is 478 g/mol. The fourth-order valence-corrected chi connectivity index (χ4v) is 5.48. The van der Waals surface area contributed by atoms with Crippen molar-refractivity contribution in [1.82, 2.24) is 29.1 Å². The molecule has 1 aromatic carbocycles. The Kier molecular flexibility index (Phi) is 7.37. The number of rotatable bonds is 7. The van der Waals surface area contributed by atoms with E-state index in [4.69, 9.17) is 22.1 Å². The molecule has 0 unspecified atom stereocenters. The molecule has 0 amide bonds. The van der Waals surface area contributed by atoms with Gasteiger partial charge in [-0.05, 0) is 67.0 Å². The molecular formula is C26H34N6OS. The van der Waals surface area contributed by atoms with E-state index < -0.39 is 0 Å². The number of benzene rings is 1. The number of methoxy groups -OCH3 is 1. The lowest BCUT2D eigenvalue weighted by atomic mass is 9.95. The average molecular weight is 479 g/mol. The molecule has 0 N–H and O–H groups in total. The summed E-state index contributed by atoms with van der Waals surface area (Å²) >= 11 is 6.02. The molecule has 2 aliphatic rings. The van der Waals surface area contributed by atoms with Crippen molar-refractivity contribution < 1.29 is 4.74 Å². The van der Waals surface area contributed by atoms with Crippen LogP contribution in [-0.2, 0) is 13.2 Å². The maximum Gasteiger partial charge on any atom is 0.199 e. The Balaban J connectivity index is 1.32. The van der Waals surface area contributed by atoms with Gasteiger partial charge in [0, 0.05) is 56.7 Å². The van der Waals surface area contributed by atoms with Gasteiger partial charge in [-0.2, -0.15) is 5.10 Å². The summed E-state index contributed by atoms with van der Waals surface area (Å²) < 4.78 is 10.6. The topological polar surface area (TPSA) is 51.4 Å². The minimum Gasteiger partial charge on any atom is -0.497 e. The highest BCUT2D eigenvalue weighted by Crippen LogP contribution is 2.33. The maximum absolute atomic E-state index is 6.02. The Morgan fingerprint density at radius 3 is 2.26 bits per heavy atom. The lowest BCUT2D eigenvalue weighted by Gasteiger charge is -2.34. The number of hydrogen-bond acceptors (Lipinski definition) is 6. The Hall–Kier alpha value is -2.55. The summed E-state index contributed by atoms with van der Waals surface area (Å²) in [6, 6.07) is 12.8. The summed E-state index contributed by atoms with van der Waals surface area (Å²) in [4.78, 5) is 9.10. The molecule has 0 spiro atoms. The third kappa shape index (κ3) is 5.24. The van der Waals surface area contributed by atoms with Crippen LogP contribution in [0.1, 0.15) is 43.7 Å². The van der Waals surface area contributed by atoms with Gasteiger partial charge in [0.25, 0.3) is 0 Å². The van der Waals surface area contributed by atoms with Gasteiger partial charge in [-0.3, -0.25) is 19.4 Å². The van der Waals surface area contributed by atoms with Crippen molar-refractivity contribution in [2.24, 2.45) is 0 Å². The number of ether oxygens (including phenoxy) is 1. The largest absolute Gasteiger partial charge is 0.497 e. The molecule has 7 nitrogen and oxygen atoms in total. The second-order valence-electron chi connectivity index (χ2n) is 9.39. The van der Waals surface area contributed by atoms with Crippen LogP contribution in [0, 0.1) is 4.77 Å². The van der Waals surface area contributed by atoms with Crippen LogP contribution in [0.2, 0.25) is 0 Å². The third-order valence-electron chi connectivity index (χ3n) is 7.11. The minimum absolute atomic E-state index is 0.435. The molecule has 180 valence electrons. The maximum atomic E-state index is 6.02. The summed E-state index contributed by atoms with van der Waals surface area (Å²) in [6.45, 7) is 5.84. The number of aromatic nitrogens is 4. The van der Waals surface area contributed by atoms with Gasteiger partial charge in [0.1, 0.15) is 5.75 Å². The summed E-state index contributed by atoms with van der Waals surface area (Å²) in [7, 11) is 1.70. The van der Waals surface area contributed by atoms with Crippen LogP contribution in [0.15, 0.2) is 48.8 Å². The lowest BCUT2D eigenvalue weighted by molar-refractivity contribution is 0.0979. The first-order valence-electron chi connectivity index (χ1n) is 12.4. The Morgan fingerprint density at radius 1 is 0.912 bits per heavy atom. The Morgan fingerprint density at radius 2 is 1.59 bits per heavy atom. The number of piperazine rings is 1. The van der Waals surface area contributed by atoms with Gasteiger partial charge in [0.2, 0.25) is 0 Å². The van der Waals surface area contributed by atoms with Gasteiger partial charge >= 0.3 is 0 Å². The summed E-state index contributed by atoms with van der Waals surface area (Å²) in [5.41, 5.74) is 2.42. The zero-order chi connectivity index (χ0) is 23.3. The van der Waals surface area contributed by atoms with Crippen LogP contribution in [0.3, 0.4) is 0 Å². The van der Waals surface area contributed by atoms with E-state index in [2.05, 4.69) is 43.6 Å². The molecule has 8 heteroatoms. The van der Waals surface area contributed by atoms with Crippen LogP contribution in [0.5, 0.6) is 5.75 Å². The van der Waals surface area contributed by atoms with Crippen molar-refractivity contribution in [2.45, 2.75) is 51.4 Å². The average Bonchev–Trinajstić information content (AvgIpc) is 3.22. The predicted octanol–water partition coefficient (Wildman–Crippen LogP) is 4.77. The van der Waals surface area contributed by atoms with Gasteiger partial charge in [-0.1, -0.05) is 19.3 Å². The summed E-state index contributed by atoms with van der Waals surface area (Å²) in [6.07, 6.45) is 9.94. The molecule has 0 atom stereocenters. The molecule has 2 fully saturated rings. The van der Waals surface area contributed by atoms with Gasteiger partial charge in [0.05, 0.1) is 13.8 Å². The Bertz CT molecular complexity index is 1110. The van der Waals surface area contributed by atoms with E-state index in [9.17, 15) is 0 Å². The van der Waals surface area contributed by atoms with Crippen LogP contribution < -0.4 is 4.74 Å². The van der Waals surface area contributed by atoms with Crippen LogP contribution in [-0.4, -0.2) is 62.4 Å². The summed E-state index contributed by atoms with van der Waals surface area (Å²) in [5.74, 6) is 1.84. The standard InChI is InChI=1S/C26H34N6OS/c1-33-24-9-7-22(8-10-24)25-28-31(26(34)32(25)23-5-3-2-4-6-23)20-30-17-15-29(16-18-30)19-21-11-13-27-14-12-21/h7-14,23H,2-6,15-20H2,1H3. The highest BCUT2D eigenvalue weighted by atomic mass is 32.1. The van der Waals surface area contributed by atoms with E-state index in [-0.39, 0.29) is 0 Å². The van der Waals surface area contributed by atoms with E-state index in [0.717, 1.165) is 61.3 Å². The predicted molar refractivity (Wildman–Crippen MR) is 136 cm³/mol. The van der Waals surface area contributed by atoms with Crippen LogP contribution in [0.4, 0.5) is 0 Å². The first-order valence-corrected chi connectivity index (χ1v) is 12.8. The second kappa shape index (κ2) is 10.8. The van der Waals surface area contributed by atoms with Gasteiger partial charge in [0.15, 0.2) is 10.6 Å². The molecule has 5 rings (SSSR count).